The molecule has 0 fully saturated rings. The molecule has 3 nitrogen and oxygen atoms in total. The molecule has 45 heavy (non-hydrogen) atoms. The Bertz CT molecular complexity index is 2400. The lowest BCUT2D eigenvalue weighted by molar-refractivity contribution is 0.591. The molecular weight excluding hydrogens is 546 g/mol. The molecule has 2 heterocycles. The van der Waals surface area contributed by atoms with Crippen LogP contribution in [0.5, 0.6) is 0 Å². The molecule has 0 aliphatic carbocycles. The van der Waals surface area contributed by atoms with E-state index >= 15 is 0 Å². The van der Waals surface area contributed by atoms with E-state index in [9.17, 15) is 0 Å². The Kier molecular flexibility index (Phi) is 5.96. The van der Waals surface area contributed by atoms with E-state index in [4.69, 9.17) is 9.97 Å². The molecule has 0 saturated heterocycles. The summed E-state index contributed by atoms with van der Waals surface area (Å²) in [5, 5.41) is 7.27. The number of hydrogen-bond donors (Lipinski definition) is 0. The van der Waals surface area contributed by atoms with Crippen molar-refractivity contribution in [2.45, 2.75) is 52.4 Å². The molecule has 8 aromatic rings. The molecule has 0 radical (unpaired) electrons. The Morgan fingerprint density at radius 3 is 1.62 bits per heavy atom. The summed E-state index contributed by atoms with van der Waals surface area (Å²) in [6.45, 7) is 13.6. The standard InChI is InChI=1S/C42H37N3/c1-41(2,3)27-18-20-30-31-21-19-28(42(4,5)6)24-35(31)40-39(34(30)23-27)43-25-36(44-40)26-12-11-13-29(22-26)45-37-16-9-7-14-32(37)33-15-8-10-17-38(33)45/h7-25H,1-6H3. The number of nitrogens with zero attached hydrogens (tertiary/aromatic N) is 3. The van der Waals surface area contributed by atoms with Crippen LogP contribution in [0.15, 0.2) is 115 Å². The lowest BCUT2D eigenvalue weighted by Gasteiger charge is -2.22. The van der Waals surface area contributed by atoms with Crippen molar-refractivity contribution in [3.05, 3.63) is 127 Å². The third-order valence-corrected chi connectivity index (χ3v) is 9.32. The van der Waals surface area contributed by atoms with Crippen LogP contribution in [-0.4, -0.2) is 14.5 Å². The molecule has 0 atom stereocenters. The van der Waals surface area contributed by atoms with Gasteiger partial charge in [-0.05, 0) is 69.1 Å². The summed E-state index contributed by atoms with van der Waals surface area (Å²) in [7, 11) is 0. The van der Waals surface area contributed by atoms with Crippen LogP contribution in [0.2, 0.25) is 0 Å². The molecule has 6 aromatic carbocycles. The maximum Gasteiger partial charge on any atom is 0.0979 e. The van der Waals surface area contributed by atoms with E-state index in [1.54, 1.807) is 0 Å². The molecule has 0 spiro atoms. The third-order valence-electron chi connectivity index (χ3n) is 9.32. The van der Waals surface area contributed by atoms with Crippen molar-refractivity contribution in [1.82, 2.24) is 14.5 Å². The summed E-state index contributed by atoms with van der Waals surface area (Å²) >= 11 is 0. The molecule has 0 amide bonds. The van der Waals surface area contributed by atoms with E-state index < -0.39 is 0 Å². The topological polar surface area (TPSA) is 30.7 Å². The van der Waals surface area contributed by atoms with E-state index in [0.29, 0.717) is 0 Å². The Hall–Kier alpha value is -5.02. The van der Waals surface area contributed by atoms with Crippen LogP contribution < -0.4 is 0 Å². The van der Waals surface area contributed by atoms with Gasteiger partial charge in [0.2, 0.25) is 0 Å². The summed E-state index contributed by atoms with van der Waals surface area (Å²) in [6, 6.07) is 39.8. The zero-order valence-corrected chi connectivity index (χ0v) is 26.8. The van der Waals surface area contributed by atoms with Crippen molar-refractivity contribution < 1.29 is 0 Å². The number of aromatic nitrogens is 3. The van der Waals surface area contributed by atoms with Gasteiger partial charge < -0.3 is 4.57 Å². The molecule has 0 aliphatic rings. The first-order valence-electron chi connectivity index (χ1n) is 15.8. The maximum atomic E-state index is 5.41. The fourth-order valence-electron chi connectivity index (χ4n) is 6.80. The summed E-state index contributed by atoms with van der Waals surface area (Å²) in [5.74, 6) is 0. The molecule has 220 valence electrons. The van der Waals surface area contributed by atoms with Gasteiger partial charge in [0.05, 0.1) is 34.0 Å². The van der Waals surface area contributed by atoms with Gasteiger partial charge in [-0.1, -0.05) is 114 Å². The lowest BCUT2D eigenvalue weighted by Crippen LogP contribution is -2.11. The van der Waals surface area contributed by atoms with Gasteiger partial charge in [-0.25, -0.2) is 4.98 Å². The highest BCUT2D eigenvalue weighted by Gasteiger charge is 2.20. The second kappa shape index (κ2) is 9.74. The maximum absolute atomic E-state index is 5.41. The predicted octanol–water partition coefficient (Wildman–Crippen LogP) is 11.3. The van der Waals surface area contributed by atoms with Gasteiger partial charge in [-0.3, -0.25) is 4.98 Å². The van der Waals surface area contributed by atoms with E-state index in [1.165, 1.54) is 43.7 Å². The summed E-state index contributed by atoms with van der Waals surface area (Å²) < 4.78 is 2.36. The highest BCUT2D eigenvalue weighted by atomic mass is 15.0. The average Bonchev–Trinajstić information content (AvgIpc) is 3.38. The smallest absolute Gasteiger partial charge is 0.0979 e. The van der Waals surface area contributed by atoms with Crippen molar-refractivity contribution >= 4 is 54.4 Å². The molecule has 0 unspecified atom stereocenters. The van der Waals surface area contributed by atoms with Crippen LogP contribution in [-0.2, 0) is 10.8 Å². The van der Waals surface area contributed by atoms with Crippen LogP contribution in [0.25, 0.3) is 71.3 Å². The molecule has 0 N–H and O–H groups in total. The Morgan fingerprint density at radius 2 is 1.04 bits per heavy atom. The largest absolute Gasteiger partial charge is 0.309 e. The Morgan fingerprint density at radius 1 is 0.489 bits per heavy atom. The number of para-hydroxylation sites is 2. The molecule has 0 aliphatic heterocycles. The van der Waals surface area contributed by atoms with E-state index in [0.717, 1.165) is 38.8 Å². The average molecular weight is 584 g/mol. The summed E-state index contributed by atoms with van der Waals surface area (Å²) in [4.78, 5) is 10.6. The first-order chi connectivity index (χ1) is 21.6. The van der Waals surface area contributed by atoms with Gasteiger partial charge in [0.25, 0.3) is 0 Å². The molecule has 3 heteroatoms. The predicted molar refractivity (Wildman–Crippen MR) is 192 cm³/mol. The van der Waals surface area contributed by atoms with Gasteiger partial charge in [0, 0.05) is 32.8 Å². The molecular formula is C42H37N3. The van der Waals surface area contributed by atoms with Gasteiger partial charge in [0.15, 0.2) is 0 Å². The quantitative estimate of drug-likeness (QED) is 0.190. The van der Waals surface area contributed by atoms with Gasteiger partial charge in [-0.15, -0.1) is 0 Å². The third kappa shape index (κ3) is 4.41. The SMILES string of the molecule is CC(C)(C)c1ccc2c3ccc(C(C)(C)C)cc3c3nc(-c4cccc(-n5c6ccccc6c6ccccc65)c4)cnc3c2c1. The minimum absolute atomic E-state index is 0.0211. The first kappa shape index (κ1) is 27.5. The fraction of sp³-hybridized carbons (Fsp3) is 0.190. The summed E-state index contributed by atoms with van der Waals surface area (Å²) in [6.07, 6.45) is 1.95. The Balaban J connectivity index is 1.39. The number of benzene rings is 6. The zero-order chi connectivity index (χ0) is 31.1. The minimum Gasteiger partial charge on any atom is -0.309 e. The van der Waals surface area contributed by atoms with Crippen LogP contribution in [0.1, 0.15) is 52.7 Å². The van der Waals surface area contributed by atoms with Crippen LogP contribution >= 0.6 is 0 Å². The summed E-state index contributed by atoms with van der Waals surface area (Å²) in [5.41, 5.74) is 9.98. The second-order valence-electron chi connectivity index (χ2n) is 14.4. The molecule has 0 bridgehead atoms. The monoisotopic (exact) mass is 583 g/mol. The molecule has 2 aromatic heterocycles. The van der Waals surface area contributed by atoms with Crippen LogP contribution in [0.3, 0.4) is 0 Å². The van der Waals surface area contributed by atoms with Crippen molar-refractivity contribution in [2.24, 2.45) is 0 Å². The lowest BCUT2D eigenvalue weighted by atomic mass is 9.83. The number of rotatable bonds is 2. The van der Waals surface area contributed by atoms with Crippen molar-refractivity contribution in [1.29, 1.82) is 0 Å². The highest BCUT2D eigenvalue weighted by molar-refractivity contribution is 6.23. The second-order valence-corrected chi connectivity index (χ2v) is 14.4. The van der Waals surface area contributed by atoms with E-state index in [1.807, 2.05) is 6.20 Å². The zero-order valence-electron chi connectivity index (χ0n) is 26.8. The Labute approximate surface area is 264 Å². The number of fused-ring (bicyclic) bond motifs is 9. The van der Waals surface area contributed by atoms with E-state index in [2.05, 4.69) is 155 Å². The highest BCUT2D eigenvalue weighted by Crippen LogP contribution is 2.39. The molecule has 8 rings (SSSR count). The number of hydrogen-bond acceptors (Lipinski definition) is 2. The van der Waals surface area contributed by atoms with Gasteiger partial charge >= 0.3 is 0 Å². The van der Waals surface area contributed by atoms with Gasteiger partial charge in [-0.2, -0.15) is 0 Å². The minimum atomic E-state index is 0.0211. The van der Waals surface area contributed by atoms with Crippen molar-refractivity contribution in [2.75, 3.05) is 0 Å². The molecule has 0 saturated carbocycles. The normalized spacial score (nSPS) is 12.7. The van der Waals surface area contributed by atoms with Gasteiger partial charge in [0.1, 0.15) is 0 Å². The van der Waals surface area contributed by atoms with Crippen LogP contribution in [0.4, 0.5) is 0 Å². The van der Waals surface area contributed by atoms with Crippen molar-refractivity contribution in [3.63, 3.8) is 0 Å². The fourth-order valence-corrected chi connectivity index (χ4v) is 6.80. The van der Waals surface area contributed by atoms with Crippen molar-refractivity contribution in [3.8, 4) is 16.9 Å². The van der Waals surface area contributed by atoms with E-state index in [-0.39, 0.29) is 10.8 Å². The first-order valence-corrected chi connectivity index (χ1v) is 15.8. The van der Waals surface area contributed by atoms with Crippen LogP contribution in [0, 0.1) is 0 Å².